The second-order valence-electron chi connectivity index (χ2n) is 11.6. The Kier molecular flexibility index (Phi) is 8.55. The predicted octanol–water partition coefficient (Wildman–Crippen LogP) is 5.09. The van der Waals surface area contributed by atoms with Crippen molar-refractivity contribution in [2.75, 3.05) is 44.2 Å². The molecule has 0 saturated carbocycles. The molecule has 2 aromatic rings. The third-order valence-electron chi connectivity index (χ3n) is 7.40. The van der Waals surface area contributed by atoms with Gasteiger partial charge in [-0.05, 0) is 79.5 Å². The van der Waals surface area contributed by atoms with Gasteiger partial charge in [-0.1, -0.05) is 45.0 Å². The lowest BCUT2D eigenvalue weighted by Crippen LogP contribution is -2.48. The van der Waals surface area contributed by atoms with E-state index >= 15 is 0 Å². The first-order valence-corrected chi connectivity index (χ1v) is 13.5. The van der Waals surface area contributed by atoms with Crippen LogP contribution in [0.25, 0.3) is 0 Å². The van der Waals surface area contributed by atoms with Gasteiger partial charge in [0.1, 0.15) is 0 Å². The van der Waals surface area contributed by atoms with Crippen LogP contribution in [0.2, 0.25) is 0 Å². The van der Waals surface area contributed by atoms with Gasteiger partial charge in [0.2, 0.25) is 0 Å². The molecule has 7 heteroatoms. The highest BCUT2D eigenvalue weighted by molar-refractivity contribution is 6.07. The van der Waals surface area contributed by atoms with E-state index in [0.717, 1.165) is 67.8 Å². The molecule has 4 rings (SSSR count). The number of aryl methyl sites for hydroxylation is 3. The van der Waals surface area contributed by atoms with Crippen LogP contribution in [0.1, 0.15) is 66.2 Å². The first-order valence-electron chi connectivity index (χ1n) is 13.5. The monoisotopic (exact) mass is 506 g/mol. The zero-order valence-electron chi connectivity index (χ0n) is 23.1. The average Bonchev–Trinajstić information content (AvgIpc) is 2.86. The van der Waals surface area contributed by atoms with E-state index in [-0.39, 0.29) is 5.91 Å². The maximum atomic E-state index is 13.4. The molecule has 0 aromatic heterocycles. The standard InChI is InChI=1S/C30H42N4O3/c1-22-8-6-9-24-10-7-14-34(27(22)24)28(35)25-11-12-26(23(2)20-25)21-31-29(36)37-33-18-16-32(17-19-33)15-13-30(3,4)5/h6,8-9,11-12,20H,7,10,13-19,21H2,1-5H3,(H,31,36). The van der Waals surface area contributed by atoms with Crippen LogP contribution in [-0.2, 0) is 17.8 Å². The summed E-state index contributed by atoms with van der Waals surface area (Å²) in [5.41, 5.74) is 6.37. The molecular weight excluding hydrogens is 464 g/mol. The van der Waals surface area contributed by atoms with E-state index in [4.69, 9.17) is 4.84 Å². The normalized spacial score (nSPS) is 16.8. The third-order valence-corrected chi connectivity index (χ3v) is 7.40. The van der Waals surface area contributed by atoms with Gasteiger partial charge in [-0.15, -0.1) is 5.06 Å². The number of anilines is 1. The average molecular weight is 507 g/mol. The van der Waals surface area contributed by atoms with E-state index in [9.17, 15) is 9.59 Å². The number of benzene rings is 2. The maximum absolute atomic E-state index is 13.4. The Balaban J connectivity index is 1.28. The molecule has 1 N–H and O–H groups in total. The number of hydrogen-bond donors (Lipinski definition) is 1. The number of amides is 2. The van der Waals surface area contributed by atoms with Gasteiger partial charge in [0.25, 0.3) is 5.91 Å². The molecule has 2 amide bonds. The predicted molar refractivity (Wildman–Crippen MR) is 148 cm³/mol. The number of carbonyl (C=O) groups is 2. The fourth-order valence-corrected chi connectivity index (χ4v) is 5.09. The van der Waals surface area contributed by atoms with Gasteiger partial charge in [-0.3, -0.25) is 4.79 Å². The fourth-order valence-electron chi connectivity index (χ4n) is 5.09. The Bertz CT molecular complexity index is 1120. The Morgan fingerprint density at radius 2 is 1.73 bits per heavy atom. The zero-order valence-corrected chi connectivity index (χ0v) is 23.1. The van der Waals surface area contributed by atoms with Crippen molar-refractivity contribution in [3.05, 3.63) is 64.2 Å². The number of hydrogen-bond acceptors (Lipinski definition) is 5. The molecule has 1 fully saturated rings. The number of piperazine rings is 1. The van der Waals surface area contributed by atoms with Gasteiger partial charge in [-0.25, -0.2) is 4.79 Å². The summed E-state index contributed by atoms with van der Waals surface area (Å²) < 4.78 is 0. The van der Waals surface area contributed by atoms with Crippen molar-refractivity contribution in [1.29, 1.82) is 0 Å². The second-order valence-corrected chi connectivity index (χ2v) is 11.6. The van der Waals surface area contributed by atoms with Crippen molar-refractivity contribution in [3.8, 4) is 0 Å². The Morgan fingerprint density at radius 1 is 0.973 bits per heavy atom. The summed E-state index contributed by atoms with van der Waals surface area (Å²) in [4.78, 5) is 35.7. The summed E-state index contributed by atoms with van der Waals surface area (Å²) in [6, 6.07) is 12.0. The summed E-state index contributed by atoms with van der Waals surface area (Å²) in [6.45, 7) is 16.2. The number of rotatable bonds is 6. The molecule has 0 radical (unpaired) electrons. The Hall–Kier alpha value is -2.90. The highest BCUT2D eigenvalue weighted by atomic mass is 16.7. The summed E-state index contributed by atoms with van der Waals surface area (Å²) in [5.74, 6) is 0.0268. The van der Waals surface area contributed by atoms with Crippen LogP contribution in [0.5, 0.6) is 0 Å². The molecule has 0 unspecified atom stereocenters. The van der Waals surface area contributed by atoms with Crippen LogP contribution in [0.15, 0.2) is 36.4 Å². The number of hydroxylamine groups is 2. The minimum absolute atomic E-state index is 0.0268. The van der Waals surface area contributed by atoms with E-state index in [1.54, 1.807) is 5.06 Å². The molecule has 0 atom stereocenters. The van der Waals surface area contributed by atoms with Crippen LogP contribution in [0, 0.1) is 19.3 Å². The van der Waals surface area contributed by atoms with Gasteiger partial charge >= 0.3 is 6.09 Å². The third kappa shape index (κ3) is 7.11. The van der Waals surface area contributed by atoms with Crippen molar-refractivity contribution in [2.24, 2.45) is 5.41 Å². The molecule has 7 nitrogen and oxygen atoms in total. The molecule has 0 bridgehead atoms. The molecule has 2 aliphatic rings. The molecule has 2 aliphatic heterocycles. The van der Waals surface area contributed by atoms with Gasteiger partial charge in [-0.2, -0.15) is 0 Å². The van der Waals surface area contributed by atoms with Crippen molar-refractivity contribution >= 4 is 17.7 Å². The van der Waals surface area contributed by atoms with Crippen LogP contribution >= 0.6 is 0 Å². The van der Waals surface area contributed by atoms with Crippen molar-refractivity contribution in [2.45, 2.75) is 60.4 Å². The summed E-state index contributed by atoms with van der Waals surface area (Å²) in [6.07, 6.45) is 2.69. The Morgan fingerprint density at radius 3 is 2.43 bits per heavy atom. The highest BCUT2D eigenvalue weighted by Gasteiger charge is 2.25. The minimum atomic E-state index is -0.442. The first kappa shape index (κ1) is 27.1. The van der Waals surface area contributed by atoms with Crippen molar-refractivity contribution in [1.82, 2.24) is 15.3 Å². The SMILES string of the molecule is Cc1cc(C(=O)N2CCCc3cccc(C)c32)ccc1CNC(=O)ON1CCN(CCC(C)(C)C)CC1. The molecule has 37 heavy (non-hydrogen) atoms. The molecule has 200 valence electrons. The summed E-state index contributed by atoms with van der Waals surface area (Å²) in [5, 5.41) is 4.61. The lowest BCUT2D eigenvalue weighted by Gasteiger charge is -2.34. The molecule has 0 spiro atoms. The fraction of sp³-hybridized carbons (Fsp3) is 0.533. The smallest absolute Gasteiger partial charge is 0.351 e. The van der Waals surface area contributed by atoms with E-state index in [1.807, 2.05) is 30.0 Å². The van der Waals surface area contributed by atoms with Gasteiger partial charge < -0.3 is 20.0 Å². The molecular formula is C30H42N4O3. The Labute approximate surface area is 221 Å². The van der Waals surface area contributed by atoms with E-state index < -0.39 is 6.09 Å². The van der Waals surface area contributed by atoms with Gasteiger partial charge in [0.05, 0.1) is 5.69 Å². The van der Waals surface area contributed by atoms with Crippen molar-refractivity contribution in [3.63, 3.8) is 0 Å². The number of fused-ring (bicyclic) bond motifs is 1. The largest absolute Gasteiger partial charge is 0.426 e. The lowest BCUT2D eigenvalue weighted by atomic mass is 9.92. The quantitative estimate of drug-likeness (QED) is 0.591. The van der Waals surface area contributed by atoms with Crippen LogP contribution in [-0.4, -0.2) is 61.2 Å². The van der Waals surface area contributed by atoms with E-state index in [1.165, 1.54) is 5.56 Å². The van der Waals surface area contributed by atoms with Crippen molar-refractivity contribution < 1.29 is 14.4 Å². The topological polar surface area (TPSA) is 65.1 Å². The van der Waals surface area contributed by atoms with Crippen LogP contribution in [0.3, 0.4) is 0 Å². The summed E-state index contributed by atoms with van der Waals surface area (Å²) >= 11 is 0. The van der Waals surface area contributed by atoms with E-state index in [0.29, 0.717) is 30.6 Å². The van der Waals surface area contributed by atoms with Gasteiger partial charge in [0, 0.05) is 44.8 Å². The lowest BCUT2D eigenvalue weighted by molar-refractivity contribution is -0.123. The maximum Gasteiger partial charge on any atom is 0.426 e. The number of carbonyl (C=O) groups excluding carboxylic acids is 2. The number of nitrogens with one attached hydrogen (secondary N) is 1. The van der Waals surface area contributed by atoms with E-state index in [2.05, 4.69) is 56.1 Å². The number of nitrogens with zero attached hydrogens (tertiary/aromatic N) is 3. The summed E-state index contributed by atoms with van der Waals surface area (Å²) in [7, 11) is 0. The molecule has 2 aromatic carbocycles. The molecule has 1 saturated heterocycles. The zero-order chi connectivity index (χ0) is 26.6. The van der Waals surface area contributed by atoms with Crippen LogP contribution < -0.4 is 10.2 Å². The van der Waals surface area contributed by atoms with Gasteiger partial charge in [0.15, 0.2) is 0 Å². The second kappa shape index (κ2) is 11.7. The first-order chi connectivity index (χ1) is 17.6. The number of para-hydroxylation sites is 1. The molecule has 0 aliphatic carbocycles. The highest BCUT2D eigenvalue weighted by Crippen LogP contribution is 2.32. The minimum Gasteiger partial charge on any atom is -0.351 e. The van der Waals surface area contributed by atoms with Crippen LogP contribution in [0.4, 0.5) is 10.5 Å². The molecule has 2 heterocycles.